The number of hydrogen-bond acceptors (Lipinski definition) is 2. The van der Waals surface area contributed by atoms with Crippen molar-refractivity contribution in [2.75, 3.05) is 6.54 Å². The van der Waals surface area contributed by atoms with Crippen LogP contribution < -0.4 is 5.32 Å². The fraction of sp³-hybridized carbons (Fsp3) is 0.800. The van der Waals surface area contributed by atoms with Crippen LogP contribution in [-0.2, 0) is 6.54 Å². The Bertz CT molecular complexity index is 337. The summed E-state index contributed by atoms with van der Waals surface area (Å²) in [4.78, 5) is 0. The van der Waals surface area contributed by atoms with E-state index in [1.54, 1.807) is 0 Å². The number of nitrogens with one attached hydrogen (secondary N) is 1. The van der Waals surface area contributed by atoms with E-state index in [-0.39, 0.29) is 0 Å². The molecular weight excluding hydrogens is 222 g/mol. The first-order valence-electron chi connectivity index (χ1n) is 7.58. The first-order chi connectivity index (χ1) is 8.83. The summed E-state index contributed by atoms with van der Waals surface area (Å²) in [6.07, 6.45) is 10.1. The van der Waals surface area contributed by atoms with Crippen LogP contribution in [-0.4, -0.2) is 16.3 Å². The van der Waals surface area contributed by atoms with Crippen LogP contribution in [0.3, 0.4) is 0 Å². The molecule has 1 saturated carbocycles. The largest absolute Gasteiger partial charge is 0.311 e. The zero-order valence-electron chi connectivity index (χ0n) is 11.9. The van der Waals surface area contributed by atoms with Gasteiger partial charge in [0.15, 0.2) is 0 Å². The molecule has 1 heterocycles. The molecule has 0 atom stereocenters. The highest BCUT2D eigenvalue weighted by Crippen LogP contribution is 2.33. The fourth-order valence-electron chi connectivity index (χ4n) is 2.48. The minimum Gasteiger partial charge on any atom is -0.311 e. The van der Waals surface area contributed by atoms with Crippen LogP contribution in [0, 0.1) is 5.92 Å². The molecule has 0 aliphatic heterocycles. The maximum Gasteiger partial charge on any atom is 0.0762 e. The Morgan fingerprint density at radius 3 is 2.83 bits per heavy atom. The number of hydrogen-bond donors (Lipinski definition) is 1. The van der Waals surface area contributed by atoms with E-state index in [4.69, 9.17) is 0 Å². The van der Waals surface area contributed by atoms with Crippen molar-refractivity contribution in [3.63, 3.8) is 0 Å². The van der Waals surface area contributed by atoms with Crippen molar-refractivity contribution in [1.29, 1.82) is 0 Å². The second-order valence-corrected chi connectivity index (χ2v) is 5.52. The van der Waals surface area contributed by atoms with Crippen LogP contribution in [0.5, 0.6) is 0 Å². The maximum absolute atomic E-state index is 4.65. The topological polar surface area (TPSA) is 29.9 Å². The van der Waals surface area contributed by atoms with Gasteiger partial charge in [0.1, 0.15) is 0 Å². The third-order valence-electron chi connectivity index (χ3n) is 3.95. The van der Waals surface area contributed by atoms with E-state index >= 15 is 0 Å². The molecule has 1 aromatic rings. The molecule has 0 spiro atoms. The van der Waals surface area contributed by atoms with Gasteiger partial charge in [0.2, 0.25) is 0 Å². The summed E-state index contributed by atoms with van der Waals surface area (Å²) in [7, 11) is 0. The van der Waals surface area contributed by atoms with Crippen molar-refractivity contribution in [2.45, 2.75) is 65.0 Å². The fourth-order valence-corrected chi connectivity index (χ4v) is 2.48. The monoisotopic (exact) mass is 249 g/mol. The zero-order valence-corrected chi connectivity index (χ0v) is 11.9. The van der Waals surface area contributed by atoms with E-state index < -0.39 is 0 Å². The molecule has 3 nitrogen and oxygen atoms in total. The summed E-state index contributed by atoms with van der Waals surface area (Å²) in [5.41, 5.74) is 1.17. The Hall–Kier alpha value is -0.830. The molecule has 1 N–H and O–H groups in total. The van der Waals surface area contributed by atoms with Crippen LogP contribution in [0.2, 0.25) is 0 Å². The summed E-state index contributed by atoms with van der Waals surface area (Å²) >= 11 is 0. The van der Waals surface area contributed by atoms with Crippen molar-refractivity contribution in [3.8, 4) is 0 Å². The SMILES string of the molecule is CCC(CC)n1ccc(CNCCCC2CC2)n1. The average molecular weight is 249 g/mol. The smallest absolute Gasteiger partial charge is 0.0762 e. The molecule has 1 aliphatic carbocycles. The van der Waals surface area contributed by atoms with Crippen molar-refractivity contribution in [1.82, 2.24) is 15.1 Å². The van der Waals surface area contributed by atoms with Gasteiger partial charge in [-0.1, -0.05) is 26.7 Å². The van der Waals surface area contributed by atoms with Gasteiger partial charge >= 0.3 is 0 Å². The Balaban J connectivity index is 1.65. The maximum atomic E-state index is 4.65. The van der Waals surface area contributed by atoms with Crippen LogP contribution in [0.25, 0.3) is 0 Å². The third-order valence-corrected chi connectivity index (χ3v) is 3.95. The quantitative estimate of drug-likeness (QED) is 0.679. The lowest BCUT2D eigenvalue weighted by Crippen LogP contribution is -2.16. The summed E-state index contributed by atoms with van der Waals surface area (Å²) in [6.45, 7) is 6.50. The molecule has 1 aliphatic rings. The molecule has 1 aromatic heterocycles. The van der Waals surface area contributed by atoms with E-state index in [1.165, 1.54) is 31.4 Å². The van der Waals surface area contributed by atoms with Gasteiger partial charge in [-0.15, -0.1) is 0 Å². The molecule has 0 radical (unpaired) electrons. The summed E-state index contributed by atoms with van der Waals surface area (Å²) < 4.78 is 2.13. The molecule has 0 saturated heterocycles. The molecule has 0 amide bonds. The van der Waals surface area contributed by atoms with Gasteiger partial charge < -0.3 is 5.32 Å². The molecule has 0 bridgehead atoms. The molecule has 18 heavy (non-hydrogen) atoms. The Morgan fingerprint density at radius 1 is 1.39 bits per heavy atom. The molecule has 0 aromatic carbocycles. The van der Waals surface area contributed by atoms with Gasteiger partial charge in [0, 0.05) is 12.7 Å². The number of aromatic nitrogens is 2. The Kier molecular flexibility index (Phi) is 5.24. The predicted molar refractivity (Wildman–Crippen MR) is 75.5 cm³/mol. The Labute approximate surface area is 111 Å². The molecule has 102 valence electrons. The van der Waals surface area contributed by atoms with Crippen LogP contribution in [0.4, 0.5) is 0 Å². The van der Waals surface area contributed by atoms with E-state index in [1.807, 2.05) is 0 Å². The summed E-state index contributed by atoms with van der Waals surface area (Å²) in [6, 6.07) is 2.71. The first kappa shape index (κ1) is 13.6. The van der Waals surface area contributed by atoms with E-state index in [9.17, 15) is 0 Å². The van der Waals surface area contributed by atoms with Crippen LogP contribution in [0.15, 0.2) is 12.3 Å². The second kappa shape index (κ2) is 6.93. The molecular formula is C15H27N3. The van der Waals surface area contributed by atoms with Crippen LogP contribution >= 0.6 is 0 Å². The minimum atomic E-state index is 0.564. The standard InChI is InChI=1S/C15H27N3/c1-3-15(4-2)18-11-9-14(17-18)12-16-10-5-6-13-7-8-13/h9,11,13,15-16H,3-8,10,12H2,1-2H3. The van der Waals surface area contributed by atoms with E-state index in [2.05, 4.69) is 41.2 Å². The van der Waals surface area contributed by atoms with Gasteiger partial charge in [-0.3, -0.25) is 4.68 Å². The lowest BCUT2D eigenvalue weighted by Gasteiger charge is -2.12. The third kappa shape index (κ3) is 4.13. The molecule has 2 rings (SSSR count). The molecule has 1 fully saturated rings. The van der Waals surface area contributed by atoms with Gasteiger partial charge in [-0.2, -0.15) is 5.10 Å². The highest BCUT2D eigenvalue weighted by molar-refractivity contribution is 4.99. The lowest BCUT2D eigenvalue weighted by molar-refractivity contribution is 0.424. The Morgan fingerprint density at radius 2 is 2.17 bits per heavy atom. The minimum absolute atomic E-state index is 0.564. The first-order valence-corrected chi connectivity index (χ1v) is 7.58. The second-order valence-electron chi connectivity index (χ2n) is 5.52. The average Bonchev–Trinajstić information content (AvgIpc) is 3.09. The molecule has 3 heteroatoms. The lowest BCUT2D eigenvalue weighted by atomic mass is 10.2. The van der Waals surface area contributed by atoms with Gasteiger partial charge in [-0.05, 0) is 44.2 Å². The number of nitrogens with zero attached hydrogens (tertiary/aromatic N) is 2. The molecule has 0 unspecified atom stereocenters. The highest BCUT2D eigenvalue weighted by atomic mass is 15.3. The summed E-state index contributed by atoms with van der Waals surface area (Å²) in [5.74, 6) is 1.06. The highest BCUT2D eigenvalue weighted by Gasteiger charge is 2.19. The predicted octanol–water partition coefficient (Wildman–Crippen LogP) is 3.52. The van der Waals surface area contributed by atoms with Gasteiger partial charge in [0.25, 0.3) is 0 Å². The van der Waals surface area contributed by atoms with Crippen LogP contribution in [0.1, 0.15) is 64.1 Å². The van der Waals surface area contributed by atoms with Crippen molar-refractivity contribution >= 4 is 0 Å². The zero-order chi connectivity index (χ0) is 12.8. The van der Waals surface area contributed by atoms with Gasteiger partial charge in [0.05, 0.1) is 11.7 Å². The summed E-state index contributed by atoms with van der Waals surface area (Å²) in [5, 5.41) is 8.15. The van der Waals surface area contributed by atoms with Gasteiger partial charge in [-0.25, -0.2) is 0 Å². The number of rotatable bonds is 9. The normalized spacial score (nSPS) is 15.5. The van der Waals surface area contributed by atoms with Crippen molar-refractivity contribution < 1.29 is 0 Å². The van der Waals surface area contributed by atoms with E-state index in [0.29, 0.717) is 6.04 Å². The van der Waals surface area contributed by atoms with E-state index in [0.717, 1.165) is 31.8 Å². The van der Waals surface area contributed by atoms with Crippen molar-refractivity contribution in [3.05, 3.63) is 18.0 Å². The van der Waals surface area contributed by atoms with Crippen molar-refractivity contribution in [2.24, 2.45) is 5.92 Å².